The summed E-state index contributed by atoms with van der Waals surface area (Å²) in [6, 6.07) is 2.78. The van der Waals surface area contributed by atoms with Crippen molar-refractivity contribution in [2.75, 3.05) is 40.1 Å². The van der Waals surface area contributed by atoms with Gasteiger partial charge in [0.2, 0.25) is 0 Å². The van der Waals surface area contributed by atoms with Crippen LogP contribution in [0.1, 0.15) is 18.5 Å². The second-order valence-electron chi connectivity index (χ2n) is 4.92. The molecule has 1 aliphatic carbocycles. The summed E-state index contributed by atoms with van der Waals surface area (Å²) >= 11 is 0. The molecule has 2 rings (SSSR count). The van der Waals surface area contributed by atoms with Crippen LogP contribution in [0.15, 0.2) is 12.3 Å². The number of rotatable bonds is 12. The van der Waals surface area contributed by atoms with Crippen molar-refractivity contribution in [3.63, 3.8) is 0 Å². The van der Waals surface area contributed by atoms with Crippen molar-refractivity contribution in [3.8, 4) is 0 Å². The Morgan fingerprint density at radius 1 is 1.20 bits per heavy atom. The molecular formula is C14H25N3O3. The molecule has 0 aromatic carbocycles. The highest BCUT2D eigenvalue weighted by Crippen LogP contribution is 2.19. The molecule has 0 unspecified atom stereocenters. The number of ether oxygens (including phenoxy) is 3. The molecule has 20 heavy (non-hydrogen) atoms. The van der Waals surface area contributed by atoms with Gasteiger partial charge in [0.25, 0.3) is 0 Å². The molecule has 1 saturated carbocycles. The van der Waals surface area contributed by atoms with Gasteiger partial charge in [-0.1, -0.05) is 0 Å². The highest BCUT2D eigenvalue weighted by Gasteiger charge is 2.20. The van der Waals surface area contributed by atoms with Crippen molar-refractivity contribution >= 4 is 0 Å². The third-order valence-corrected chi connectivity index (χ3v) is 3.20. The zero-order chi connectivity index (χ0) is 14.0. The molecule has 114 valence electrons. The van der Waals surface area contributed by atoms with E-state index in [0.717, 1.165) is 19.1 Å². The van der Waals surface area contributed by atoms with E-state index in [1.807, 2.05) is 10.9 Å². The molecule has 0 radical (unpaired) electrons. The van der Waals surface area contributed by atoms with E-state index in [4.69, 9.17) is 14.2 Å². The molecule has 1 aliphatic rings. The van der Waals surface area contributed by atoms with E-state index in [2.05, 4.69) is 16.5 Å². The Labute approximate surface area is 120 Å². The predicted octanol–water partition coefficient (Wildman–Crippen LogP) is 0.815. The van der Waals surface area contributed by atoms with Crippen LogP contribution in [0.5, 0.6) is 0 Å². The average Bonchev–Trinajstić information content (AvgIpc) is 3.19. The molecule has 1 fully saturated rings. The van der Waals surface area contributed by atoms with Gasteiger partial charge in [-0.3, -0.25) is 4.68 Å². The number of aromatic nitrogens is 2. The number of nitrogens with zero attached hydrogens (tertiary/aromatic N) is 2. The average molecular weight is 283 g/mol. The Morgan fingerprint density at radius 3 is 2.70 bits per heavy atom. The first-order valence-electron chi connectivity index (χ1n) is 7.28. The lowest BCUT2D eigenvalue weighted by atomic mass is 10.4. The van der Waals surface area contributed by atoms with Crippen molar-refractivity contribution in [3.05, 3.63) is 18.0 Å². The number of hydrogen-bond donors (Lipinski definition) is 1. The van der Waals surface area contributed by atoms with Crippen LogP contribution < -0.4 is 5.32 Å². The van der Waals surface area contributed by atoms with Crippen molar-refractivity contribution < 1.29 is 14.2 Å². The number of nitrogens with one attached hydrogen (secondary N) is 1. The zero-order valence-electron chi connectivity index (χ0n) is 12.2. The predicted molar refractivity (Wildman–Crippen MR) is 75.6 cm³/mol. The van der Waals surface area contributed by atoms with E-state index >= 15 is 0 Å². The minimum absolute atomic E-state index is 0.610. The standard InChI is InChI=1S/C14H25N3O3/c1-18-8-9-20-11-10-19-7-6-17-14(4-5-16-17)12-15-13-2-3-13/h4-5,13,15H,2-3,6-12H2,1H3. The summed E-state index contributed by atoms with van der Waals surface area (Å²) in [7, 11) is 1.67. The Hall–Kier alpha value is -0.950. The number of methoxy groups -OCH3 is 1. The maximum atomic E-state index is 5.53. The van der Waals surface area contributed by atoms with Gasteiger partial charge in [0.05, 0.1) is 45.3 Å². The van der Waals surface area contributed by atoms with E-state index < -0.39 is 0 Å². The Bertz CT molecular complexity index is 366. The first kappa shape index (κ1) is 15.4. The summed E-state index contributed by atoms with van der Waals surface area (Å²) in [6.07, 6.45) is 4.46. The van der Waals surface area contributed by atoms with Gasteiger partial charge in [0.15, 0.2) is 0 Å². The Kier molecular flexibility index (Phi) is 7.00. The molecule has 6 heteroatoms. The van der Waals surface area contributed by atoms with Crippen LogP contribution in [0.2, 0.25) is 0 Å². The topological polar surface area (TPSA) is 57.5 Å². The molecular weight excluding hydrogens is 258 g/mol. The van der Waals surface area contributed by atoms with E-state index in [1.165, 1.54) is 18.5 Å². The van der Waals surface area contributed by atoms with Gasteiger partial charge < -0.3 is 19.5 Å². The minimum Gasteiger partial charge on any atom is -0.382 e. The van der Waals surface area contributed by atoms with Gasteiger partial charge in [-0.25, -0.2) is 0 Å². The molecule has 1 N–H and O–H groups in total. The van der Waals surface area contributed by atoms with E-state index in [0.29, 0.717) is 33.0 Å². The highest BCUT2D eigenvalue weighted by atomic mass is 16.5. The lowest BCUT2D eigenvalue weighted by molar-refractivity contribution is 0.0224. The molecule has 0 saturated heterocycles. The minimum atomic E-state index is 0.610. The Morgan fingerprint density at radius 2 is 1.95 bits per heavy atom. The molecule has 0 spiro atoms. The lowest BCUT2D eigenvalue weighted by Crippen LogP contribution is -2.20. The molecule has 1 aromatic heterocycles. The Balaban J connectivity index is 1.51. The molecule has 0 amide bonds. The maximum Gasteiger partial charge on any atom is 0.0701 e. The van der Waals surface area contributed by atoms with Crippen LogP contribution in [0.4, 0.5) is 0 Å². The largest absolute Gasteiger partial charge is 0.382 e. The van der Waals surface area contributed by atoms with Gasteiger partial charge in [-0.2, -0.15) is 5.10 Å². The van der Waals surface area contributed by atoms with Crippen molar-refractivity contribution in [2.24, 2.45) is 0 Å². The summed E-state index contributed by atoms with van der Waals surface area (Å²) in [6.45, 7) is 4.81. The number of hydrogen-bond acceptors (Lipinski definition) is 5. The van der Waals surface area contributed by atoms with Crippen molar-refractivity contribution in [1.82, 2.24) is 15.1 Å². The van der Waals surface area contributed by atoms with E-state index in [-0.39, 0.29) is 0 Å². The summed E-state index contributed by atoms with van der Waals surface area (Å²) in [5.41, 5.74) is 1.22. The highest BCUT2D eigenvalue weighted by molar-refractivity contribution is 5.01. The third kappa shape index (κ3) is 6.00. The van der Waals surface area contributed by atoms with Crippen molar-refractivity contribution in [1.29, 1.82) is 0 Å². The van der Waals surface area contributed by atoms with Crippen LogP contribution >= 0.6 is 0 Å². The smallest absolute Gasteiger partial charge is 0.0701 e. The second-order valence-corrected chi connectivity index (χ2v) is 4.92. The van der Waals surface area contributed by atoms with Crippen LogP contribution in [-0.4, -0.2) is 56.0 Å². The van der Waals surface area contributed by atoms with Crippen molar-refractivity contribution in [2.45, 2.75) is 32.0 Å². The van der Waals surface area contributed by atoms with Crippen LogP contribution in [0, 0.1) is 0 Å². The third-order valence-electron chi connectivity index (χ3n) is 3.20. The van der Waals surface area contributed by atoms with Gasteiger partial charge in [0, 0.05) is 25.9 Å². The summed E-state index contributed by atoms with van der Waals surface area (Å²) < 4.78 is 17.8. The molecule has 6 nitrogen and oxygen atoms in total. The molecule has 1 aromatic rings. The van der Waals surface area contributed by atoms with E-state index in [1.54, 1.807) is 7.11 Å². The zero-order valence-corrected chi connectivity index (χ0v) is 12.2. The summed E-state index contributed by atoms with van der Waals surface area (Å²) in [5.74, 6) is 0. The van der Waals surface area contributed by atoms with Crippen LogP contribution in [-0.2, 0) is 27.3 Å². The fraction of sp³-hybridized carbons (Fsp3) is 0.786. The van der Waals surface area contributed by atoms with Gasteiger partial charge >= 0.3 is 0 Å². The van der Waals surface area contributed by atoms with E-state index in [9.17, 15) is 0 Å². The molecule has 0 atom stereocenters. The summed E-state index contributed by atoms with van der Waals surface area (Å²) in [4.78, 5) is 0. The van der Waals surface area contributed by atoms with Gasteiger partial charge in [0.1, 0.15) is 0 Å². The normalized spacial score (nSPS) is 14.8. The monoisotopic (exact) mass is 283 g/mol. The first-order chi connectivity index (χ1) is 9.90. The second kappa shape index (κ2) is 9.07. The van der Waals surface area contributed by atoms with Crippen LogP contribution in [0.3, 0.4) is 0 Å². The summed E-state index contributed by atoms with van der Waals surface area (Å²) in [5, 5.41) is 7.82. The fourth-order valence-corrected chi connectivity index (χ4v) is 1.86. The van der Waals surface area contributed by atoms with Gasteiger partial charge in [-0.05, 0) is 18.9 Å². The van der Waals surface area contributed by atoms with Gasteiger partial charge in [-0.15, -0.1) is 0 Å². The fourth-order valence-electron chi connectivity index (χ4n) is 1.86. The quantitative estimate of drug-likeness (QED) is 0.575. The SMILES string of the molecule is COCCOCCOCCn1nccc1CNC1CC1. The molecule has 1 heterocycles. The van der Waals surface area contributed by atoms with Crippen LogP contribution in [0.25, 0.3) is 0 Å². The lowest BCUT2D eigenvalue weighted by Gasteiger charge is -2.09. The molecule has 0 aliphatic heterocycles. The first-order valence-corrected chi connectivity index (χ1v) is 7.28. The molecule has 0 bridgehead atoms. The maximum absolute atomic E-state index is 5.53.